The van der Waals surface area contributed by atoms with Crippen molar-refractivity contribution in [3.8, 4) is 11.8 Å². The lowest BCUT2D eigenvalue weighted by molar-refractivity contribution is -0.111. The van der Waals surface area contributed by atoms with Crippen molar-refractivity contribution in [1.29, 1.82) is 0 Å². The predicted octanol–water partition coefficient (Wildman–Crippen LogP) is 3.88. The molecule has 0 radical (unpaired) electrons. The Kier molecular flexibility index (Phi) is 4.33. The van der Waals surface area contributed by atoms with E-state index in [4.69, 9.17) is 0 Å². The third-order valence-electron chi connectivity index (χ3n) is 4.03. The lowest BCUT2D eigenvalue weighted by Crippen LogP contribution is -2.08. The first-order valence-electron chi connectivity index (χ1n) is 8.34. The van der Waals surface area contributed by atoms with Gasteiger partial charge in [0.05, 0.1) is 11.0 Å². The van der Waals surface area contributed by atoms with Crippen molar-refractivity contribution >= 4 is 44.9 Å². The number of anilines is 3. The van der Waals surface area contributed by atoms with Crippen LogP contribution < -0.4 is 10.6 Å². The fourth-order valence-electron chi connectivity index (χ4n) is 2.85. The van der Waals surface area contributed by atoms with Crippen LogP contribution in [0.4, 0.5) is 17.2 Å². The van der Waals surface area contributed by atoms with Crippen molar-refractivity contribution in [2.75, 3.05) is 10.6 Å². The minimum Gasteiger partial charge on any atom is -0.339 e. The lowest BCUT2D eigenvalue weighted by atomic mass is 10.1. The van der Waals surface area contributed by atoms with Crippen molar-refractivity contribution in [3.63, 3.8) is 0 Å². The summed E-state index contributed by atoms with van der Waals surface area (Å²) in [6, 6.07) is 15.2. The van der Waals surface area contributed by atoms with E-state index in [1.807, 2.05) is 42.5 Å². The van der Waals surface area contributed by atoms with Crippen LogP contribution in [-0.4, -0.2) is 20.9 Å². The molecule has 4 aromatic rings. The number of nitrogens with one attached hydrogen (secondary N) is 2. The summed E-state index contributed by atoms with van der Waals surface area (Å²) < 4.78 is 0. The SMILES string of the molecule is CC#CC(=O)Nc1ccc2ncnc(Nc3cccc4ncccc34)c2c1. The summed E-state index contributed by atoms with van der Waals surface area (Å²) in [4.78, 5) is 24.8. The maximum absolute atomic E-state index is 11.7. The molecule has 4 rings (SSSR count). The van der Waals surface area contributed by atoms with Gasteiger partial charge in [-0.2, -0.15) is 0 Å². The Morgan fingerprint density at radius 3 is 2.74 bits per heavy atom. The van der Waals surface area contributed by atoms with Crippen molar-refractivity contribution in [2.45, 2.75) is 6.92 Å². The summed E-state index contributed by atoms with van der Waals surface area (Å²) in [5.41, 5.74) is 3.19. The molecule has 0 saturated carbocycles. The molecule has 2 aromatic heterocycles. The molecule has 0 aliphatic heterocycles. The number of carbonyl (C=O) groups is 1. The van der Waals surface area contributed by atoms with Crippen molar-refractivity contribution in [2.24, 2.45) is 0 Å². The van der Waals surface area contributed by atoms with Gasteiger partial charge < -0.3 is 10.6 Å². The summed E-state index contributed by atoms with van der Waals surface area (Å²) in [6.45, 7) is 1.62. The highest BCUT2D eigenvalue weighted by Crippen LogP contribution is 2.29. The Morgan fingerprint density at radius 2 is 1.85 bits per heavy atom. The van der Waals surface area contributed by atoms with Gasteiger partial charge in [-0.3, -0.25) is 9.78 Å². The quantitative estimate of drug-likeness (QED) is 0.546. The number of pyridine rings is 1. The highest BCUT2D eigenvalue weighted by Gasteiger charge is 2.08. The van der Waals surface area contributed by atoms with Gasteiger partial charge in [0.25, 0.3) is 5.91 Å². The third-order valence-corrected chi connectivity index (χ3v) is 4.03. The lowest BCUT2D eigenvalue weighted by Gasteiger charge is -2.11. The van der Waals surface area contributed by atoms with Crippen molar-refractivity contribution in [3.05, 3.63) is 61.1 Å². The molecule has 0 atom stereocenters. The number of amides is 1. The Morgan fingerprint density at radius 1 is 0.963 bits per heavy atom. The van der Waals surface area contributed by atoms with Gasteiger partial charge in [-0.05, 0) is 55.3 Å². The molecule has 0 spiro atoms. The molecule has 27 heavy (non-hydrogen) atoms. The molecule has 1 amide bonds. The second-order valence-electron chi connectivity index (χ2n) is 5.78. The van der Waals surface area contributed by atoms with Crippen LogP contribution in [0.2, 0.25) is 0 Å². The first-order chi connectivity index (χ1) is 13.2. The Hall–Kier alpha value is -3.98. The Bertz CT molecular complexity index is 1220. The highest BCUT2D eigenvalue weighted by molar-refractivity contribution is 6.05. The molecular formula is C21H15N5O. The number of aromatic nitrogens is 3. The highest BCUT2D eigenvalue weighted by atomic mass is 16.1. The van der Waals surface area contributed by atoms with Gasteiger partial charge in [-0.25, -0.2) is 9.97 Å². The zero-order valence-electron chi connectivity index (χ0n) is 14.5. The molecule has 0 saturated heterocycles. The number of hydrogen-bond donors (Lipinski definition) is 2. The Balaban J connectivity index is 1.76. The maximum Gasteiger partial charge on any atom is 0.300 e. The molecule has 2 aromatic carbocycles. The zero-order valence-corrected chi connectivity index (χ0v) is 14.5. The van der Waals surface area contributed by atoms with Gasteiger partial charge in [-0.1, -0.05) is 12.0 Å². The van der Waals surface area contributed by atoms with E-state index in [-0.39, 0.29) is 5.91 Å². The number of rotatable bonds is 3. The molecule has 6 nitrogen and oxygen atoms in total. The second-order valence-corrected chi connectivity index (χ2v) is 5.78. The fourth-order valence-corrected chi connectivity index (χ4v) is 2.85. The van der Waals surface area contributed by atoms with E-state index in [9.17, 15) is 4.79 Å². The minimum absolute atomic E-state index is 0.358. The predicted molar refractivity (Wildman–Crippen MR) is 107 cm³/mol. The largest absolute Gasteiger partial charge is 0.339 e. The van der Waals surface area contributed by atoms with Gasteiger partial charge in [0.2, 0.25) is 0 Å². The van der Waals surface area contributed by atoms with E-state index in [1.54, 1.807) is 19.2 Å². The van der Waals surface area contributed by atoms with E-state index in [1.165, 1.54) is 6.33 Å². The van der Waals surface area contributed by atoms with E-state index in [0.29, 0.717) is 11.5 Å². The molecule has 2 heterocycles. The molecule has 6 heteroatoms. The van der Waals surface area contributed by atoms with E-state index in [0.717, 1.165) is 27.5 Å². The van der Waals surface area contributed by atoms with Crippen LogP contribution >= 0.6 is 0 Å². The summed E-state index contributed by atoms with van der Waals surface area (Å²) in [5, 5.41) is 7.90. The van der Waals surface area contributed by atoms with Gasteiger partial charge in [0.15, 0.2) is 0 Å². The smallest absolute Gasteiger partial charge is 0.300 e. The van der Waals surface area contributed by atoms with Crippen LogP contribution in [-0.2, 0) is 4.79 Å². The summed E-state index contributed by atoms with van der Waals surface area (Å²) >= 11 is 0. The molecular weight excluding hydrogens is 338 g/mol. The van der Waals surface area contributed by atoms with Crippen LogP contribution in [0.3, 0.4) is 0 Å². The summed E-state index contributed by atoms with van der Waals surface area (Å²) in [5.74, 6) is 5.33. The number of carbonyl (C=O) groups excluding carboxylic acids is 1. The van der Waals surface area contributed by atoms with Crippen LogP contribution in [0, 0.1) is 11.8 Å². The topological polar surface area (TPSA) is 79.8 Å². The van der Waals surface area contributed by atoms with Gasteiger partial charge in [-0.15, -0.1) is 0 Å². The third kappa shape index (κ3) is 3.39. The number of hydrogen-bond acceptors (Lipinski definition) is 5. The van der Waals surface area contributed by atoms with Crippen LogP contribution in [0.1, 0.15) is 6.92 Å². The number of nitrogens with zero attached hydrogens (tertiary/aromatic N) is 3. The Labute approximate surface area is 155 Å². The van der Waals surface area contributed by atoms with Crippen LogP contribution in [0.15, 0.2) is 61.1 Å². The molecule has 0 fully saturated rings. The molecule has 2 N–H and O–H groups in total. The zero-order chi connectivity index (χ0) is 18.6. The van der Waals surface area contributed by atoms with Gasteiger partial charge in [0.1, 0.15) is 12.1 Å². The molecule has 130 valence electrons. The standard InChI is InChI=1S/C21H15N5O/c1-2-5-20(27)25-14-9-10-18-16(12-14)21(24-13-23-18)26-19-8-3-7-17-15(19)6-4-11-22-17/h3-4,6-13H,1H3,(H,25,27)(H,23,24,26). The van der Waals surface area contributed by atoms with Gasteiger partial charge in [0, 0.05) is 28.3 Å². The van der Waals surface area contributed by atoms with Crippen molar-refractivity contribution in [1.82, 2.24) is 15.0 Å². The molecule has 0 bridgehead atoms. The van der Waals surface area contributed by atoms with Crippen LogP contribution in [0.25, 0.3) is 21.8 Å². The van der Waals surface area contributed by atoms with E-state index >= 15 is 0 Å². The fraction of sp³-hybridized carbons (Fsp3) is 0.0476. The molecule has 0 unspecified atom stereocenters. The van der Waals surface area contributed by atoms with Crippen LogP contribution in [0.5, 0.6) is 0 Å². The number of benzene rings is 2. The van der Waals surface area contributed by atoms with Gasteiger partial charge >= 0.3 is 0 Å². The maximum atomic E-state index is 11.7. The van der Waals surface area contributed by atoms with E-state index in [2.05, 4.69) is 37.4 Å². The molecule has 0 aliphatic rings. The average Bonchev–Trinajstić information content (AvgIpc) is 2.69. The first-order valence-corrected chi connectivity index (χ1v) is 8.34. The van der Waals surface area contributed by atoms with Crippen molar-refractivity contribution < 1.29 is 4.79 Å². The average molecular weight is 353 g/mol. The monoisotopic (exact) mass is 353 g/mol. The summed E-state index contributed by atoms with van der Waals surface area (Å²) in [6.07, 6.45) is 3.27. The molecule has 0 aliphatic carbocycles. The summed E-state index contributed by atoms with van der Waals surface area (Å²) in [7, 11) is 0. The normalized spacial score (nSPS) is 10.3. The van der Waals surface area contributed by atoms with E-state index < -0.39 is 0 Å². The minimum atomic E-state index is -0.358. The first kappa shape index (κ1) is 16.5. The second kappa shape index (κ2) is 7.10. The number of fused-ring (bicyclic) bond motifs is 2.